The Morgan fingerprint density at radius 3 is 2.03 bits per heavy atom. The van der Waals surface area contributed by atoms with Gasteiger partial charge < -0.3 is 25.3 Å². The smallest absolute Gasteiger partial charge is 0.309 e. The molecule has 1 saturated heterocycles. The molecule has 0 radical (unpaired) electrons. The Bertz CT molecular complexity index is 1100. The minimum absolute atomic E-state index is 0.130. The van der Waals surface area contributed by atoms with E-state index in [1.807, 2.05) is 0 Å². The zero-order valence-electron chi connectivity index (χ0n) is 20.9. The highest BCUT2D eigenvalue weighted by Crippen LogP contribution is 2.56. The van der Waals surface area contributed by atoms with Gasteiger partial charge in [0.25, 0.3) is 5.91 Å². The number of amides is 3. The zero-order valence-corrected chi connectivity index (χ0v) is 22.4. The van der Waals surface area contributed by atoms with E-state index in [1.54, 1.807) is 39.0 Å². The van der Waals surface area contributed by atoms with Gasteiger partial charge in [0, 0.05) is 32.1 Å². The van der Waals surface area contributed by atoms with E-state index < -0.39 is 53.0 Å². The maximum absolute atomic E-state index is 13.2. The number of piperazine rings is 1. The fourth-order valence-electron chi connectivity index (χ4n) is 5.20. The summed E-state index contributed by atoms with van der Waals surface area (Å²) < 4.78 is 0. The van der Waals surface area contributed by atoms with Gasteiger partial charge in [-0.3, -0.25) is 24.0 Å². The van der Waals surface area contributed by atoms with Crippen LogP contribution in [0.4, 0.5) is 0 Å². The minimum Gasteiger partial charge on any atom is -0.481 e. The summed E-state index contributed by atoms with van der Waals surface area (Å²) in [5, 5.41) is 22.1. The summed E-state index contributed by atoms with van der Waals surface area (Å²) in [6.45, 7) is 5.61. The van der Waals surface area contributed by atoms with E-state index in [9.17, 15) is 34.2 Å². The van der Waals surface area contributed by atoms with Crippen molar-refractivity contribution in [2.24, 2.45) is 16.7 Å². The highest BCUT2D eigenvalue weighted by atomic mass is 35.5. The SMILES string of the molecule is CC1(C)[C@@H](C(=O)N[C@@H](CC(=O)O)C(=O)N2CCN(C(=O)c3c(Cl)cccc3Cl)CC2)CC[C@]1(C)C(=O)O. The van der Waals surface area contributed by atoms with Crippen LogP contribution in [0.15, 0.2) is 18.2 Å². The molecule has 3 atom stereocenters. The number of carbonyl (C=O) groups excluding carboxylic acids is 3. The Labute approximate surface area is 224 Å². The molecular weight excluding hydrogens is 525 g/mol. The molecule has 0 aromatic heterocycles. The van der Waals surface area contributed by atoms with Crippen LogP contribution in [0.2, 0.25) is 10.0 Å². The van der Waals surface area contributed by atoms with Crippen molar-refractivity contribution in [3.8, 4) is 0 Å². The second kappa shape index (κ2) is 10.9. The first kappa shape index (κ1) is 28.7. The minimum atomic E-state index is -1.32. The number of carboxylic acid groups (broad SMARTS) is 2. The molecule has 1 aliphatic carbocycles. The molecule has 0 spiro atoms. The van der Waals surface area contributed by atoms with Gasteiger partial charge in [-0.05, 0) is 37.3 Å². The van der Waals surface area contributed by atoms with Gasteiger partial charge in [-0.2, -0.15) is 0 Å². The largest absolute Gasteiger partial charge is 0.481 e. The zero-order chi connectivity index (χ0) is 27.7. The first-order valence-corrected chi connectivity index (χ1v) is 12.7. The van der Waals surface area contributed by atoms with Crippen LogP contribution in [-0.2, 0) is 19.2 Å². The molecule has 3 N–H and O–H groups in total. The first-order valence-electron chi connectivity index (χ1n) is 12.0. The molecule has 2 fully saturated rings. The molecule has 1 heterocycles. The van der Waals surface area contributed by atoms with Crippen LogP contribution in [-0.4, -0.2) is 81.9 Å². The average Bonchev–Trinajstić information content (AvgIpc) is 3.07. The Balaban J connectivity index is 1.68. The molecule has 37 heavy (non-hydrogen) atoms. The van der Waals surface area contributed by atoms with Crippen LogP contribution in [0.5, 0.6) is 0 Å². The van der Waals surface area contributed by atoms with Crippen molar-refractivity contribution in [1.82, 2.24) is 15.1 Å². The summed E-state index contributed by atoms with van der Waals surface area (Å²) >= 11 is 12.3. The van der Waals surface area contributed by atoms with E-state index in [1.165, 1.54) is 9.80 Å². The summed E-state index contributed by atoms with van der Waals surface area (Å²) in [5.41, 5.74) is -1.87. The number of carbonyl (C=O) groups is 5. The molecular formula is C25H31Cl2N3O7. The summed E-state index contributed by atoms with van der Waals surface area (Å²) in [4.78, 5) is 65.6. The average molecular weight is 556 g/mol. The summed E-state index contributed by atoms with van der Waals surface area (Å²) in [6.07, 6.45) is -0.0281. The molecule has 1 aliphatic heterocycles. The maximum atomic E-state index is 13.2. The van der Waals surface area contributed by atoms with Crippen molar-refractivity contribution in [2.45, 2.75) is 46.1 Å². The standard InChI is InChI=1S/C25H31Cl2N3O7/c1-24(2)14(7-8-25(24,3)23(36)37)20(33)28-17(13-18(31)32)21(34)29-9-11-30(12-10-29)22(35)19-15(26)5-4-6-16(19)27/h4-6,14,17H,7-13H2,1-3H3,(H,28,33)(H,31,32)(H,36,37)/t14-,17+,25-/m1/s1. The van der Waals surface area contributed by atoms with E-state index in [4.69, 9.17) is 23.2 Å². The predicted molar refractivity (Wildman–Crippen MR) is 135 cm³/mol. The first-order chi connectivity index (χ1) is 17.2. The monoisotopic (exact) mass is 555 g/mol. The number of benzene rings is 1. The van der Waals surface area contributed by atoms with Crippen molar-refractivity contribution in [2.75, 3.05) is 26.2 Å². The molecule has 3 rings (SSSR count). The molecule has 1 saturated carbocycles. The van der Waals surface area contributed by atoms with Crippen molar-refractivity contribution in [3.05, 3.63) is 33.8 Å². The number of carboxylic acids is 2. The van der Waals surface area contributed by atoms with Crippen molar-refractivity contribution >= 4 is 52.9 Å². The van der Waals surface area contributed by atoms with Crippen molar-refractivity contribution in [3.63, 3.8) is 0 Å². The third-order valence-electron chi connectivity index (χ3n) is 8.06. The molecule has 0 unspecified atom stereocenters. The number of nitrogens with zero attached hydrogens (tertiary/aromatic N) is 2. The molecule has 0 bridgehead atoms. The summed E-state index contributed by atoms with van der Waals surface area (Å²) in [7, 11) is 0. The Morgan fingerprint density at radius 1 is 1.00 bits per heavy atom. The van der Waals surface area contributed by atoms with E-state index in [-0.39, 0.29) is 54.1 Å². The lowest BCUT2D eigenvalue weighted by Crippen LogP contribution is -2.57. The van der Waals surface area contributed by atoms with Gasteiger partial charge in [0.2, 0.25) is 11.8 Å². The number of rotatable bonds is 7. The van der Waals surface area contributed by atoms with E-state index >= 15 is 0 Å². The lowest BCUT2D eigenvalue weighted by atomic mass is 9.65. The molecule has 12 heteroatoms. The highest BCUT2D eigenvalue weighted by Gasteiger charge is 2.58. The van der Waals surface area contributed by atoms with Crippen LogP contribution in [0, 0.1) is 16.7 Å². The number of aliphatic carboxylic acids is 2. The van der Waals surface area contributed by atoms with Gasteiger partial charge in [0.15, 0.2) is 0 Å². The quantitative estimate of drug-likeness (QED) is 0.469. The lowest BCUT2D eigenvalue weighted by Gasteiger charge is -2.39. The third kappa shape index (κ3) is 5.55. The molecule has 1 aromatic carbocycles. The second-order valence-corrected chi connectivity index (χ2v) is 11.1. The summed E-state index contributed by atoms with van der Waals surface area (Å²) in [6, 6.07) is 3.43. The number of halogens is 2. The summed E-state index contributed by atoms with van der Waals surface area (Å²) in [5.74, 6) is -4.46. The number of hydrogen-bond acceptors (Lipinski definition) is 5. The number of hydrogen-bond donors (Lipinski definition) is 3. The van der Waals surface area contributed by atoms with Crippen molar-refractivity contribution in [1.29, 1.82) is 0 Å². The van der Waals surface area contributed by atoms with Gasteiger partial charge in [-0.25, -0.2) is 0 Å². The fourth-order valence-corrected chi connectivity index (χ4v) is 5.76. The second-order valence-electron chi connectivity index (χ2n) is 10.3. The normalized spacial score (nSPS) is 23.9. The van der Waals surface area contributed by atoms with Gasteiger partial charge >= 0.3 is 11.9 Å². The lowest BCUT2D eigenvalue weighted by molar-refractivity contribution is -0.155. The third-order valence-corrected chi connectivity index (χ3v) is 8.69. The van der Waals surface area contributed by atoms with E-state index in [0.29, 0.717) is 6.42 Å². The van der Waals surface area contributed by atoms with Crippen LogP contribution in [0.1, 0.15) is 50.4 Å². The Kier molecular flexibility index (Phi) is 8.44. The molecule has 10 nitrogen and oxygen atoms in total. The molecule has 2 aliphatic rings. The topological polar surface area (TPSA) is 144 Å². The molecule has 3 amide bonds. The highest BCUT2D eigenvalue weighted by molar-refractivity contribution is 6.39. The van der Waals surface area contributed by atoms with Gasteiger partial charge in [0.05, 0.1) is 27.4 Å². The molecule has 202 valence electrons. The van der Waals surface area contributed by atoms with Gasteiger partial charge in [-0.15, -0.1) is 0 Å². The molecule has 1 aromatic rings. The van der Waals surface area contributed by atoms with Crippen molar-refractivity contribution < 1.29 is 34.2 Å². The van der Waals surface area contributed by atoms with Gasteiger partial charge in [0.1, 0.15) is 6.04 Å². The van der Waals surface area contributed by atoms with Crippen LogP contribution >= 0.6 is 23.2 Å². The van der Waals surface area contributed by atoms with E-state index in [0.717, 1.165) is 0 Å². The predicted octanol–water partition coefficient (Wildman–Crippen LogP) is 2.76. The number of nitrogens with one attached hydrogen (secondary N) is 1. The Morgan fingerprint density at radius 2 is 1.54 bits per heavy atom. The van der Waals surface area contributed by atoms with Crippen LogP contribution in [0.3, 0.4) is 0 Å². The van der Waals surface area contributed by atoms with Crippen LogP contribution in [0.25, 0.3) is 0 Å². The van der Waals surface area contributed by atoms with Crippen LogP contribution < -0.4 is 5.32 Å². The van der Waals surface area contributed by atoms with E-state index in [2.05, 4.69) is 5.32 Å². The Hall–Kier alpha value is -2.85. The van der Waals surface area contributed by atoms with Gasteiger partial charge in [-0.1, -0.05) is 43.1 Å². The fraction of sp³-hybridized carbons (Fsp3) is 0.560. The maximum Gasteiger partial charge on any atom is 0.309 e.